The fourth-order valence-electron chi connectivity index (χ4n) is 2.17. The van der Waals surface area contributed by atoms with Gasteiger partial charge < -0.3 is 9.64 Å². The Morgan fingerprint density at radius 3 is 2.86 bits per heavy atom. The Hall–Kier alpha value is -1.30. The van der Waals surface area contributed by atoms with Crippen LogP contribution < -0.4 is 9.64 Å². The number of hydrogen-bond donors (Lipinski definition) is 0. The van der Waals surface area contributed by atoms with E-state index < -0.39 is 0 Å². The first-order valence-corrected chi connectivity index (χ1v) is 7.63. The average molecular weight is 387 g/mol. The van der Waals surface area contributed by atoms with Gasteiger partial charge in [0.05, 0.1) is 30.1 Å². The summed E-state index contributed by atoms with van der Waals surface area (Å²) in [5.41, 5.74) is 2.43. The Morgan fingerprint density at radius 1 is 1.29 bits per heavy atom. The molecule has 3 rings (SSSR count). The molecule has 0 spiro atoms. The topological polar surface area (TPSA) is 37.7 Å². The van der Waals surface area contributed by atoms with Crippen LogP contribution in [0.4, 0.5) is 17.1 Å². The summed E-state index contributed by atoms with van der Waals surface area (Å²) in [6.07, 6.45) is 1.68. The van der Waals surface area contributed by atoms with Crippen LogP contribution in [-0.4, -0.2) is 23.8 Å². The molecule has 21 heavy (non-hydrogen) atoms. The quantitative estimate of drug-likeness (QED) is 0.734. The summed E-state index contributed by atoms with van der Waals surface area (Å²) in [4.78, 5) is 10.6. The van der Waals surface area contributed by atoms with Crippen LogP contribution in [0.5, 0.6) is 5.88 Å². The SMILES string of the molecule is COc1ncccc1N1CC(Cl)=Nc2cc(Cl)c(Br)cc21. The van der Waals surface area contributed by atoms with E-state index in [2.05, 4.69) is 25.9 Å². The number of benzene rings is 1. The van der Waals surface area contributed by atoms with Gasteiger partial charge in [-0.05, 0) is 40.2 Å². The van der Waals surface area contributed by atoms with Crippen molar-refractivity contribution >= 4 is 61.4 Å². The second-order valence-electron chi connectivity index (χ2n) is 4.36. The third-order valence-electron chi connectivity index (χ3n) is 3.07. The van der Waals surface area contributed by atoms with Gasteiger partial charge in [0.15, 0.2) is 0 Å². The predicted molar refractivity (Wildman–Crippen MR) is 89.9 cm³/mol. The Balaban J connectivity index is 2.18. The van der Waals surface area contributed by atoms with Gasteiger partial charge in [-0.1, -0.05) is 23.2 Å². The number of methoxy groups -OCH3 is 1. The lowest BCUT2D eigenvalue weighted by atomic mass is 10.2. The van der Waals surface area contributed by atoms with E-state index in [4.69, 9.17) is 27.9 Å². The highest BCUT2D eigenvalue weighted by Crippen LogP contribution is 2.44. The summed E-state index contributed by atoms with van der Waals surface area (Å²) in [7, 11) is 1.59. The Morgan fingerprint density at radius 2 is 2.10 bits per heavy atom. The molecule has 0 saturated carbocycles. The number of hydrogen-bond acceptors (Lipinski definition) is 4. The van der Waals surface area contributed by atoms with E-state index in [1.54, 1.807) is 19.4 Å². The van der Waals surface area contributed by atoms with Gasteiger partial charge in [0.25, 0.3) is 0 Å². The first-order chi connectivity index (χ1) is 10.1. The second-order valence-corrected chi connectivity index (χ2v) is 6.06. The van der Waals surface area contributed by atoms with Crippen molar-refractivity contribution in [3.8, 4) is 5.88 Å². The number of halogens is 3. The lowest BCUT2D eigenvalue weighted by Gasteiger charge is -2.29. The molecule has 0 saturated heterocycles. The molecule has 1 aliphatic heterocycles. The number of nitrogens with zero attached hydrogens (tertiary/aromatic N) is 3. The lowest BCUT2D eigenvalue weighted by Crippen LogP contribution is -2.26. The van der Waals surface area contributed by atoms with E-state index in [0.717, 1.165) is 15.8 Å². The summed E-state index contributed by atoms with van der Waals surface area (Å²) in [5, 5.41) is 1.06. The van der Waals surface area contributed by atoms with E-state index in [1.165, 1.54) is 0 Å². The first kappa shape index (κ1) is 14.6. The summed E-state index contributed by atoms with van der Waals surface area (Å²) in [6, 6.07) is 7.46. The number of aromatic nitrogens is 1. The van der Waals surface area contributed by atoms with Gasteiger partial charge in [-0.2, -0.15) is 0 Å². The molecule has 108 valence electrons. The van der Waals surface area contributed by atoms with E-state index >= 15 is 0 Å². The number of anilines is 2. The van der Waals surface area contributed by atoms with Crippen molar-refractivity contribution in [2.45, 2.75) is 0 Å². The van der Waals surface area contributed by atoms with Crippen molar-refractivity contribution in [2.24, 2.45) is 4.99 Å². The van der Waals surface area contributed by atoms with Crippen molar-refractivity contribution in [1.29, 1.82) is 0 Å². The minimum Gasteiger partial charge on any atom is -0.480 e. The van der Waals surface area contributed by atoms with Gasteiger partial charge in [0.1, 0.15) is 10.9 Å². The summed E-state index contributed by atoms with van der Waals surface area (Å²) in [5.74, 6) is 0.529. The molecule has 0 atom stereocenters. The van der Waals surface area contributed by atoms with Crippen LogP contribution in [0, 0.1) is 0 Å². The maximum Gasteiger partial charge on any atom is 0.237 e. The summed E-state index contributed by atoms with van der Waals surface area (Å²) in [6.45, 7) is 0.449. The zero-order chi connectivity index (χ0) is 15.0. The Labute approximate surface area is 140 Å². The van der Waals surface area contributed by atoms with Crippen LogP contribution in [0.2, 0.25) is 5.02 Å². The van der Waals surface area contributed by atoms with E-state index in [0.29, 0.717) is 28.3 Å². The third kappa shape index (κ3) is 2.73. The summed E-state index contributed by atoms with van der Waals surface area (Å²) >= 11 is 15.7. The van der Waals surface area contributed by atoms with Crippen molar-refractivity contribution in [3.05, 3.63) is 40.0 Å². The molecule has 4 nitrogen and oxygen atoms in total. The highest BCUT2D eigenvalue weighted by molar-refractivity contribution is 9.10. The standard InChI is InChI=1S/C14H10BrCl2N3O/c1-21-14-11(3-2-4-18-14)20-7-13(17)19-10-6-9(16)8(15)5-12(10)20/h2-6H,7H2,1H3. The minimum atomic E-state index is 0.449. The number of ether oxygens (including phenoxy) is 1. The van der Waals surface area contributed by atoms with Gasteiger partial charge in [-0.15, -0.1) is 0 Å². The maximum atomic E-state index is 6.17. The molecule has 0 radical (unpaired) electrons. The normalized spacial score (nSPS) is 13.7. The highest BCUT2D eigenvalue weighted by atomic mass is 79.9. The van der Waals surface area contributed by atoms with Crippen LogP contribution in [-0.2, 0) is 0 Å². The van der Waals surface area contributed by atoms with Crippen molar-refractivity contribution in [1.82, 2.24) is 4.98 Å². The fourth-order valence-corrected chi connectivity index (χ4v) is 2.87. The minimum absolute atomic E-state index is 0.449. The Kier molecular flexibility index (Phi) is 4.06. The zero-order valence-corrected chi connectivity index (χ0v) is 14.1. The average Bonchev–Trinajstić information content (AvgIpc) is 2.48. The molecule has 0 fully saturated rings. The monoisotopic (exact) mass is 385 g/mol. The second kappa shape index (κ2) is 5.83. The van der Waals surface area contributed by atoms with Crippen molar-refractivity contribution in [3.63, 3.8) is 0 Å². The van der Waals surface area contributed by atoms with Gasteiger partial charge >= 0.3 is 0 Å². The fraction of sp³-hybridized carbons (Fsp3) is 0.143. The largest absolute Gasteiger partial charge is 0.480 e. The number of pyridine rings is 1. The molecular formula is C14H10BrCl2N3O. The van der Waals surface area contributed by atoms with E-state index in [1.807, 2.05) is 23.1 Å². The molecule has 0 aliphatic carbocycles. The van der Waals surface area contributed by atoms with Crippen LogP contribution in [0.1, 0.15) is 0 Å². The molecule has 7 heteroatoms. The molecule has 2 aromatic rings. The zero-order valence-electron chi connectivity index (χ0n) is 11.0. The number of fused-ring (bicyclic) bond motifs is 1. The molecular weight excluding hydrogens is 377 g/mol. The Bertz CT molecular complexity index is 736. The predicted octanol–water partition coefficient (Wildman–Crippen LogP) is 4.93. The molecule has 1 aliphatic rings. The smallest absolute Gasteiger partial charge is 0.237 e. The molecule has 0 bridgehead atoms. The number of aliphatic imine (C=N–C) groups is 1. The van der Waals surface area contributed by atoms with Crippen molar-refractivity contribution in [2.75, 3.05) is 18.6 Å². The molecule has 0 unspecified atom stereocenters. The van der Waals surface area contributed by atoms with Crippen LogP contribution in [0.25, 0.3) is 0 Å². The molecule has 1 aromatic heterocycles. The number of rotatable bonds is 2. The van der Waals surface area contributed by atoms with E-state index in [-0.39, 0.29) is 0 Å². The van der Waals surface area contributed by atoms with Gasteiger partial charge in [-0.25, -0.2) is 9.98 Å². The highest BCUT2D eigenvalue weighted by Gasteiger charge is 2.24. The van der Waals surface area contributed by atoms with E-state index in [9.17, 15) is 0 Å². The van der Waals surface area contributed by atoms with Gasteiger partial charge in [0.2, 0.25) is 5.88 Å². The third-order valence-corrected chi connectivity index (χ3v) is 4.47. The molecule has 0 amide bonds. The lowest BCUT2D eigenvalue weighted by molar-refractivity contribution is 0.399. The van der Waals surface area contributed by atoms with Gasteiger partial charge in [0, 0.05) is 10.7 Å². The van der Waals surface area contributed by atoms with Crippen LogP contribution in [0.15, 0.2) is 39.9 Å². The summed E-state index contributed by atoms with van der Waals surface area (Å²) < 4.78 is 6.12. The molecule has 0 N–H and O–H groups in total. The van der Waals surface area contributed by atoms with Crippen LogP contribution in [0.3, 0.4) is 0 Å². The van der Waals surface area contributed by atoms with Crippen molar-refractivity contribution < 1.29 is 4.74 Å². The molecule has 2 heterocycles. The van der Waals surface area contributed by atoms with Crippen LogP contribution >= 0.6 is 39.1 Å². The first-order valence-electron chi connectivity index (χ1n) is 6.09. The maximum absolute atomic E-state index is 6.17. The molecule has 1 aromatic carbocycles. The van der Waals surface area contributed by atoms with Gasteiger partial charge in [-0.3, -0.25) is 0 Å².